The number of hydrogen-bond acceptors (Lipinski definition) is 5. The van der Waals surface area contributed by atoms with E-state index in [1.165, 1.54) is 11.0 Å². The lowest BCUT2D eigenvalue weighted by atomic mass is 10.6. The van der Waals surface area contributed by atoms with Crippen LogP contribution in [0.2, 0.25) is 0 Å². The summed E-state index contributed by atoms with van der Waals surface area (Å²) in [6, 6.07) is 0. The summed E-state index contributed by atoms with van der Waals surface area (Å²) in [7, 11) is 0. The molecule has 0 unspecified atom stereocenters. The van der Waals surface area contributed by atoms with Gasteiger partial charge in [0.1, 0.15) is 6.33 Å². The molecule has 0 saturated carbocycles. The second-order valence-corrected chi connectivity index (χ2v) is 3.91. The smallest absolute Gasteiger partial charge is 0.240 e. The number of rotatable bonds is 1. The van der Waals surface area contributed by atoms with Gasteiger partial charge in [-0.2, -0.15) is 9.67 Å². The fraction of sp³-hybridized carbons (Fsp3) is 0. The van der Waals surface area contributed by atoms with Crippen molar-refractivity contribution < 1.29 is 0 Å². The molecule has 0 bridgehead atoms. The van der Waals surface area contributed by atoms with Crippen molar-refractivity contribution in [3.8, 4) is 5.82 Å². The Kier molecular flexibility index (Phi) is 2.46. The van der Waals surface area contributed by atoms with Crippen LogP contribution in [-0.4, -0.2) is 24.7 Å². The number of nitrogens with two attached hydrogens (primary N) is 1. The molecule has 2 rings (SSSR count). The van der Waals surface area contributed by atoms with Gasteiger partial charge in [0.2, 0.25) is 10.7 Å². The summed E-state index contributed by atoms with van der Waals surface area (Å²) in [6.07, 6.45) is 3.04. The van der Waals surface area contributed by atoms with Crippen LogP contribution in [0, 0.1) is 0 Å². The Morgan fingerprint density at radius 2 is 2.14 bits per heavy atom. The van der Waals surface area contributed by atoms with Crippen LogP contribution >= 0.6 is 31.9 Å². The van der Waals surface area contributed by atoms with E-state index >= 15 is 0 Å². The lowest BCUT2D eigenvalue weighted by Gasteiger charge is -2.01. The topological polar surface area (TPSA) is 82.5 Å². The Hall–Kier alpha value is -1.02. The molecule has 0 amide bonds. The summed E-state index contributed by atoms with van der Waals surface area (Å²) in [5.41, 5.74) is 5.44. The maximum Gasteiger partial charge on any atom is 0.240 e. The van der Waals surface area contributed by atoms with E-state index < -0.39 is 0 Å². The molecule has 0 atom stereocenters. The Balaban J connectivity index is 2.60. The minimum Gasteiger partial charge on any atom is -0.366 e. The largest absolute Gasteiger partial charge is 0.366 e. The van der Waals surface area contributed by atoms with Crippen LogP contribution in [0.1, 0.15) is 0 Å². The zero-order valence-corrected chi connectivity index (χ0v) is 9.90. The van der Waals surface area contributed by atoms with Crippen molar-refractivity contribution in [3.05, 3.63) is 21.7 Å². The highest BCUT2D eigenvalue weighted by molar-refractivity contribution is 9.10. The van der Waals surface area contributed by atoms with Crippen molar-refractivity contribution >= 4 is 37.8 Å². The first-order valence-electron chi connectivity index (χ1n) is 3.52. The minimum absolute atomic E-state index is 0.183. The van der Waals surface area contributed by atoms with E-state index in [2.05, 4.69) is 51.9 Å². The van der Waals surface area contributed by atoms with Gasteiger partial charge in [-0.1, -0.05) is 0 Å². The fourth-order valence-electron chi connectivity index (χ4n) is 0.905. The first-order chi connectivity index (χ1) is 6.68. The Labute approximate surface area is 95.8 Å². The van der Waals surface area contributed by atoms with Gasteiger partial charge in [-0.25, -0.2) is 9.97 Å². The third-order valence-corrected chi connectivity index (χ3v) is 2.51. The van der Waals surface area contributed by atoms with Gasteiger partial charge >= 0.3 is 0 Å². The molecule has 2 heterocycles. The molecule has 0 radical (unpaired) electrons. The second-order valence-electron chi connectivity index (χ2n) is 2.35. The van der Waals surface area contributed by atoms with Gasteiger partial charge in [-0.3, -0.25) is 0 Å². The van der Waals surface area contributed by atoms with Gasteiger partial charge in [0, 0.05) is 6.20 Å². The van der Waals surface area contributed by atoms with Crippen LogP contribution in [0.5, 0.6) is 0 Å². The fourth-order valence-corrected chi connectivity index (χ4v) is 1.72. The standard InChI is InChI=1S/C6H4Br2N6/c7-3-1-10-2-11-4(3)14-5(8)12-6(9)13-14/h1-2H,(H2,9,13). The third-order valence-electron chi connectivity index (χ3n) is 1.43. The van der Waals surface area contributed by atoms with Gasteiger partial charge < -0.3 is 5.73 Å². The second kappa shape index (κ2) is 3.62. The summed E-state index contributed by atoms with van der Waals surface area (Å²) in [6.45, 7) is 0. The molecule has 72 valence electrons. The Bertz CT molecular complexity index is 467. The van der Waals surface area contributed by atoms with E-state index in [-0.39, 0.29) is 5.95 Å². The predicted octanol–water partition coefficient (Wildman–Crippen LogP) is 1.16. The van der Waals surface area contributed by atoms with Crippen molar-refractivity contribution in [2.45, 2.75) is 0 Å². The molecular formula is C6H4Br2N6. The molecule has 6 nitrogen and oxygen atoms in total. The number of aromatic nitrogens is 5. The first kappa shape index (κ1) is 9.53. The molecule has 0 fully saturated rings. The summed E-state index contributed by atoms with van der Waals surface area (Å²) < 4.78 is 2.68. The highest BCUT2D eigenvalue weighted by Gasteiger charge is 2.10. The van der Waals surface area contributed by atoms with Crippen LogP contribution in [-0.2, 0) is 0 Å². The SMILES string of the molecule is Nc1nc(Br)n(-c2ncncc2Br)n1. The molecule has 0 aliphatic heterocycles. The van der Waals surface area contributed by atoms with Gasteiger partial charge in [-0.05, 0) is 31.9 Å². The average Bonchev–Trinajstić information content (AvgIpc) is 2.46. The molecular weight excluding hydrogens is 316 g/mol. The summed E-state index contributed by atoms with van der Waals surface area (Å²) in [5, 5.41) is 3.96. The molecule has 0 aromatic carbocycles. The summed E-state index contributed by atoms with van der Waals surface area (Å²) >= 11 is 6.52. The number of nitrogen functional groups attached to an aromatic ring is 1. The molecule has 0 aliphatic rings. The predicted molar refractivity (Wildman–Crippen MR) is 56.8 cm³/mol. The monoisotopic (exact) mass is 318 g/mol. The third kappa shape index (κ3) is 1.62. The van der Waals surface area contributed by atoms with Gasteiger partial charge in [0.15, 0.2) is 5.82 Å². The van der Waals surface area contributed by atoms with E-state index in [0.29, 0.717) is 15.0 Å². The van der Waals surface area contributed by atoms with Gasteiger partial charge in [-0.15, -0.1) is 5.10 Å². The maximum absolute atomic E-state index is 5.44. The molecule has 2 N–H and O–H groups in total. The van der Waals surface area contributed by atoms with E-state index in [0.717, 1.165) is 0 Å². The lowest BCUT2D eigenvalue weighted by Crippen LogP contribution is -2.02. The van der Waals surface area contributed by atoms with Gasteiger partial charge in [0.05, 0.1) is 4.47 Å². The molecule has 14 heavy (non-hydrogen) atoms. The van der Waals surface area contributed by atoms with Crippen LogP contribution < -0.4 is 5.73 Å². The van der Waals surface area contributed by atoms with Crippen molar-refractivity contribution in [1.82, 2.24) is 24.7 Å². The number of nitrogens with zero attached hydrogens (tertiary/aromatic N) is 5. The quantitative estimate of drug-likeness (QED) is 0.853. The van der Waals surface area contributed by atoms with E-state index in [1.54, 1.807) is 6.20 Å². The Morgan fingerprint density at radius 1 is 1.36 bits per heavy atom. The van der Waals surface area contributed by atoms with Crippen LogP contribution in [0.3, 0.4) is 0 Å². The average molecular weight is 320 g/mol. The van der Waals surface area contributed by atoms with Gasteiger partial charge in [0.25, 0.3) is 0 Å². The van der Waals surface area contributed by atoms with Crippen molar-refractivity contribution in [2.75, 3.05) is 5.73 Å². The Morgan fingerprint density at radius 3 is 2.71 bits per heavy atom. The molecule has 2 aromatic rings. The molecule has 2 aromatic heterocycles. The van der Waals surface area contributed by atoms with Crippen molar-refractivity contribution in [1.29, 1.82) is 0 Å². The van der Waals surface area contributed by atoms with E-state index in [9.17, 15) is 0 Å². The minimum atomic E-state index is 0.183. The highest BCUT2D eigenvalue weighted by Crippen LogP contribution is 2.20. The number of hydrogen-bond donors (Lipinski definition) is 1. The van der Waals surface area contributed by atoms with Crippen molar-refractivity contribution in [2.24, 2.45) is 0 Å². The van der Waals surface area contributed by atoms with Crippen LogP contribution in [0.15, 0.2) is 21.7 Å². The van der Waals surface area contributed by atoms with Crippen LogP contribution in [0.4, 0.5) is 5.95 Å². The first-order valence-corrected chi connectivity index (χ1v) is 5.11. The van der Waals surface area contributed by atoms with Crippen molar-refractivity contribution in [3.63, 3.8) is 0 Å². The molecule has 0 spiro atoms. The zero-order valence-electron chi connectivity index (χ0n) is 6.72. The molecule has 8 heteroatoms. The van der Waals surface area contributed by atoms with E-state index in [1.807, 2.05) is 0 Å². The summed E-state index contributed by atoms with van der Waals surface area (Å²) in [4.78, 5) is 11.8. The normalized spacial score (nSPS) is 10.4. The number of anilines is 1. The van der Waals surface area contributed by atoms with E-state index in [4.69, 9.17) is 5.73 Å². The molecule has 0 aliphatic carbocycles. The number of halogens is 2. The molecule has 0 saturated heterocycles. The summed E-state index contributed by atoms with van der Waals surface area (Å²) in [5.74, 6) is 0.762. The zero-order chi connectivity index (χ0) is 10.1. The lowest BCUT2D eigenvalue weighted by molar-refractivity contribution is 0.815. The maximum atomic E-state index is 5.44. The van der Waals surface area contributed by atoms with Crippen LogP contribution in [0.25, 0.3) is 5.82 Å². The highest BCUT2D eigenvalue weighted by atomic mass is 79.9.